The molecule has 7 nitrogen and oxygen atoms in total. The fourth-order valence-corrected chi connectivity index (χ4v) is 3.47. The molecule has 1 aliphatic heterocycles. The van der Waals surface area contributed by atoms with Crippen LogP contribution in [0.2, 0.25) is 0 Å². The normalized spacial score (nSPS) is 22.7. The minimum atomic E-state index is 0.433. The van der Waals surface area contributed by atoms with Gasteiger partial charge in [0.15, 0.2) is 5.82 Å². The number of piperazine rings is 1. The number of anilines is 1. The van der Waals surface area contributed by atoms with E-state index in [-0.39, 0.29) is 0 Å². The first-order valence-corrected chi connectivity index (χ1v) is 8.48. The maximum Gasteiger partial charge on any atom is 0.227 e. The summed E-state index contributed by atoms with van der Waals surface area (Å²) < 4.78 is 4.00. The lowest BCUT2D eigenvalue weighted by Crippen LogP contribution is -2.57. The highest BCUT2D eigenvalue weighted by Crippen LogP contribution is 2.26. The SMILES string of the molecule is CCN1CC(C)N(c2nnc(-c3cnn(C)c3)n2CC)CC1C. The van der Waals surface area contributed by atoms with Crippen LogP contribution in [0.3, 0.4) is 0 Å². The van der Waals surface area contributed by atoms with Gasteiger partial charge in [-0.1, -0.05) is 6.92 Å². The van der Waals surface area contributed by atoms with Crippen molar-refractivity contribution in [2.24, 2.45) is 7.05 Å². The Morgan fingerprint density at radius 2 is 1.87 bits per heavy atom. The molecule has 1 aliphatic rings. The molecule has 0 spiro atoms. The summed E-state index contributed by atoms with van der Waals surface area (Å²) in [4.78, 5) is 4.92. The number of nitrogens with zero attached hydrogens (tertiary/aromatic N) is 7. The van der Waals surface area contributed by atoms with Crippen LogP contribution >= 0.6 is 0 Å². The van der Waals surface area contributed by atoms with E-state index in [1.54, 1.807) is 4.68 Å². The van der Waals surface area contributed by atoms with Crippen LogP contribution in [0.1, 0.15) is 27.7 Å². The van der Waals surface area contributed by atoms with Gasteiger partial charge >= 0.3 is 0 Å². The van der Waals surface area contributed by atoms with Crippen LogP contribution in [-0.2, 0) is 13.6 Å². The van der Waals surface area contributed by atoms with Gasteiger partial charge in [-0.05, 0) is 27.3 Å². The van der Waals surface area contributed by atoms with Gasteiger partial charge in [-0.3, -0.25) is 14.1 Å². The number of hydrogen-bond donors (Lipinski definition) is 0. The summed E-state index contributed by atoms with van der Waals surface area (Å²) in [5.41, 5.74) is 1.01. The molecule has 3 heterocycles. The molecule has 23 heavy (non-hydrogen) atoms. The van der Waals surface area contributed by atoms with Crippen molar-refractivity contribution < 1.29 is 0 Å². The van der Waals surface area contributed by atoms with E-state index < -0.39 is 0 Å². The Bertz CT molecular complexity index is 659. The minimum absolute atomic E-state index is 0.433. The zero-order valence-corrected chi connectivity index (χ0v) is 14.8. The van der Waals surface area contributed by atoms with Crippen LogP contribution < -0.4 is 4.90 Å². The largest absolute Gasteiger partial charge is 0.335 e. The van der Waals surface area contributed by atoms with Crippen molar-refractivity contribution in [3.63, 3.8) is 0 Å². The highest BCUT2D eigenvalue weighted by Gasteiger charge is 2.31. The molecule has 0 saturated carbocycles. The molecule has 2 unspecified atom stereocenters. The fourth-order valence-electron chi connectivity index (χ4n) is 3.47. The first-order chi connectivity index (χ1) is 11.0. The third-order valence-corrected chi connectivity index (χ3v) is 4.79. The molecule has 7 heteroatoms. The van der Waals surface area contributed by atoms with E-state index in [1.807, 2.05) is 19.4 Å². The van der Waals surface area contributed by atoms with E-state index >= 15 is 0 Å². The number of hydrogen-bond acceptors (Lipinski definition) is 5. The number of aryl methyl sites for hydroxylation is 1. The summed E-state index contributed by atoms with van der Waals surface area (Å²) in [6.45, 7) is 12.9. The van der Waals surface area contributed by atoms with Crippen LogP contribution in [-0.4, -0.2) is 61.2 Å². The van der Waals surface area contributed by atoms with Crippen molar-refractivity contribution in [2.45, 2.75) is 46.3 Å². The van der Waals surface area contributed by atoms with Crippen LogP contribution in [0.4, 0.5) is 5.95 Å². The van der Waals surface area contributed by atoms with E-state index in [2.05, 4.69) is 57.4 Å². The molecule has 0 amide bonds. The van der Waals surface area contributed by atoms with E-state index in [0.29, 0.717) is 12.1 Å². The summed E-state index contributed by atoms with van der Waals surface area (Å²) in [5, 5.41) is 13.2. The topological polar surface area (TPSA) is 55.0 Å². The Kier molecular flexibility index (Phi) is 4.39. The van der Waals surface area contributed by atoms with Crippen LogP contribution in [0.25, 0.3) is 11.4 Å². The molecule has 3 rings (SSSR count). The molecule has 0 aliphatic carbocycles. The molecule has 2 aromatic rings. The lowest BCUT2D eigenvalue weighted by molar-refractivity contribution is 0.173. The summed E-state index contributed by atoms with van der Waals surface area (Å²) >= 11 is 0. The Morgan fingerprint density at radius 3 is 2.48 bits per heavy atom. The van der Waals surface area contributed by atoms with Crippen molar-refractivity contribution in [1.82, 2.24) is 29.4 Å². The maximum absolute atomic E-state index is 4.52. The van der Waals surface area contributed by atoms with E-state index in [1.165, 1.54) is 0 Å². The fraction of sp³-hybridized carbons (Fsp3) is 0.688. The highest BCUT2D eigenvalue weighted by atomic mass is 15.4. The monoisotopic (exact) mass is 317 g/mol. The van der Waals surface area contributed by atoms with Crippen LogP contribution in [0.5, 0.6) is 0 Å². The quantitative estimate of drug-likeness (QED) is 0.858. The lowest BCUT2D eigenvalue weighted by atomic mass is 10.1. The van der Waals surface area contributed by atoms with Crippen molar-refractivity contribution >= 4 is 5.95 Å². The number of likely N-dealkylation sites (N-methyl/N-ethyl adjacent to an activating group) is 1. The van der Waals surface area contributed by atoms with Gasteiger partial charge in [0, 0.05) is 45.0 Å². The lowest BCUT2D eigenvalue weighted by Gasteiger charge is -2.44. The Labute approximate surface area is 137 Å². The maximum atomic E-state index is 4.52. The summed E-state index contributed by atoms with van der Waals surface area (Å²) in [6, 6.07) is 0.961. The van der Waals surface area contributed by atoms with Gasteiger partial charge < -0.3 is 4.90 Å². The third kappa shape index (κ3) is 2.85. The Hall–Kier alpha value is -1.89. The van der Waals surface area contributed by atoms with Gasteiger partial charge in [-0.15, -0.1) is 10.2 Å². The summed E-state index contributed by atoms with van der Waals surface area (Å²) in [5.74, 6) is 1.87. The van der Waals surface area contributed by atoms with E-state index in [4.69, 9.17) is 0 Å². The summed E-state index contributed by atoms with van der Waals surface area (Å²) in [7, 11) is 1.92. The second-order valence-corrected chi connectivity index (χ2v) is 6.41. The number of aromatic nitrogens is 5. The molecule has 1 saturated heterocycles. The number of rotatable bonds is 4. The molecular formula is C16H27N7. The van der Waals surface area contributed by atoms with Crippen molar-refractivity contribution in [1.29, 1.82) is 0 Å². The molecule has 0 bridgehead atoms. The zero-order chi connectivity index (χ0) is 16.6. The predicted molar refractivity (Wildman–Crippen MR) is 91.4 cm³/mol. The predicted octanol–water partition coefficient (Wildman–Crippen LogP) is 1.62. The first kappa shape index (κ1) is 16.0. The smallest absolute Gasteiger partial charge is 0.227 e. The van der Waals surface area contributed by atoms with Gasteiger partial charge in [-0.2, -0.15) is 5.10 Å². The van der Waals surface area contributed by atoms with Gasteiger partial charge in [0.05, 0.1) is 11.8 Å². The van der Waals surface area contributed by atoms with Crippen molar-refractivity contribution in [3.05, 3.63) is 12.4 Å². The third-order valence-electron chi connectivity index (χ3n) is 4.79. The molecule has 1 fully saturated rings. The average Bonchev–Trinajstić information content (AvgIpc) is 3.14. The second-order valence-electron chi connectivity index (χ2n) is 6.41. The standard InChI is InChI=1S/C16H27N7/c1-6-21-9-13(4)23(10-12(21)3)16-19-18-15(22(16)7-2)14-8-17-20(5)11-14/h8,11-13H,6-7,9-10H2,1-5H3. The molecular weight excluding hydrogens is 290 g/mol. The molecule has 0 aromatic carbocycles. The molecule has 2 atom stereocenters. The van der Waals surface area contributed by atoms with Crippen LogP contribution in [0.15, 0.2) is 12.4 Å². The highest BCUT2D eigenvalue weighted by molar-refractivity contribution is 5.56. The average molecular weight is 317 g/mol. The Morgan fingerprint density at radius 1 is 1.09 bits per heavy atom. The zero-order valence-electron chi connectivity index (χ0n) is 14.8. The van der Waals surface area contributed by atoms with Crippen molar-refractivity contribution in [2.75, 3.05) is 24.5 Å². The van der Waals surface area contributed by atoms with Gasteiger partial charge in [0.2, 0.25) is 5.95 Å². The van der Waals surface area contributed by atoms with Crippen LogP contribution in [0, 0.1) is 0 Å². The summed E-state index contributed by atoms with van der Waals surface area (Å²) in [6.07, 6.45) is 3.84. The first-order valence-electron chi connectivity index (χ1n) is 8.48. The van der Waals surface area contributed by atoms with Crippen molar-refractivity contribution in [3.8, 4) is 11.4 Å². The van der Waals surface area contributed by atoms with Gasteiger partial charge in [-0.25, -0.2) is 0 Å². The molecule has 0 radical (unpaired) electrons. The van der Waals surface area contributed by atoms with Gasteiger partial charge in [0.1, 0.15) is 0 Å². The molecule has 0 N–H and O–H groups in total. The van der Waals surface area contributed by atoms with Gasteiger partial charge in [0.25, 0.3) is 0 Å². The van der Waals surface area contributed by atoms with E-state index in [0.717, 1.165) is 43.5 Å². The Balaban J connectivity index is 1.93. The minimum Gasteiger partial charge on any atom is -0.335 e. The molecule has 126 valence electrons. The van der Waals surface area contributed by atoms with E-state index in [9.17, 15) is 0 Å². The molecule has 2 aromatic heterocycles. The second kappa shape index (κ2) is 6.31.